The van der Waals surface area contributed by atoms with Gasteiger partial charge >= 0.3 is 0 Å². The first kappa shape index (κ1) is 5.92. The fourth-order valence-corrected chi connectivity index (χ4v) is 1.30. The van der Waals surface area contributed by atoms with Gasteiger partial charge in [0, 0.05) is 4.47 Å². The number of hydrogen-bond donors (Lipinski definition) is 0. The Morgan fingerprint density at radius 2 is 2.30 bits per heavy atom. The van der Waals surface area contributed by atoms with Gasteiger partial charge in [0.1, 0.15) is 5.52 Å². The fraction of sp³-hybridized carbons (Fsp3) is 0. The highest BCUT2D eigenvalue weighted by atomic mass is 79.9. The van der Waals surface area contributed by atoms with Gasteiger partial charge in [-0.1, -0.05) is 6.07 Å². The van der Waals surface area contributed by atoms with E-state index in [2.05, 4.69) is 20.9 Å². The van der Waals surface area contributed by atoms with Crippen molar-refractivity contribution >= 4 is 27.0 Å². The Bertz CT molecular complexity index is 355. The zero-order valence-corrected chi connectivity index (χ0v) is 6.63. The second-order valence-corrected chi connectivity index (χ2v) is 2.79. The first-order valence-corrected chi connectivity index (χ1v) is 3.65. The van der Waals surface area contributed by atoms with Crippen LogP contribution in [0.15, 0.2) is 33.5 Å². The fourth-order valence-electron chi connectivity index (χ4n) is 0.852. The van der Waals surface area contributed by atoms with Crippen LogP contribution in [0.1, 0.15) is 0 Å². The van der Waals surface area contributed by atoms with Crippen LogP contribution in [-0.4, -0.2) is 4.98 Å². The van der Waals surface area contributed by atoms with Gasteiger partial charge in [-0.2, -0.15) is 0 Å². The molecule has 2 aromatic rings. The van der Waals surface area contributed by atoms with E-state index in [1.54, 1.807) is 0 Å². The highest BCUT2D eigenvalue weighted by Crippen LogP contribution is 2.21. The van der Waals surface area contributed by atoms with Gasteiger partial charge in [-0.15, -0.1) is 0 Å². The Kier molecular flexibility index (Phi) is 1.24. The molecule has 2 rings (SSSR count). The topological polar surface area (TPSA) is 26.0 Å². The summed E-state index contributed by atoms with van der Waals surface area (Å²) in [4.78, 5) is 4.00. The van der Waals surface area contributed by atoms with Crippen LogP contribution in [0.2, 0.25) is 0 Å². The van der Waals surface area contributed by atoms with E-state index >= 15 is 0 Å². The average Bonchev–Trinajstić information content (AvgIpc) is 2.36. The van der Waals surface area contributed by atoms with Crippen molar-refractivity contribution < 1.29 is 4.42 Å². The van der Waals surface area contributed by atoms with Crippen LogP contribution in [0.4, 0.5) is 0 Å². The maximum absolute atomic E-state index is 5.06. The van der Waals surface area contributed by atoms with Gasteiger partial charge in [0.15, 0.2) is 12.0 Å². The molecule has 0 amide bonds. The van der Waals surface area contributed by atoms with Crippen LogP contribution in [0.25, 0.3) is 11.1 Å². The van der Waals surface area contributed by atoms with Gasteiger partial charge in [0.2, 0.25) is 0 Å². The molecule has 0 unspecified atom stereocenters. The molecule has 0 spiro atoms. The maximum atomic E-state index is 5.06. The first-order chi connectivity index (χ1) is 4.88. The molecule has 50 valence electrons. The Morgan fingerprint density at radius 3 is 3.10 bits per heavy atom. The van der Waals surface area contributed by atoms with Gasteiger partial charge in [-0.05, 0) is 28.1 Å². The Labute approximate surface area is 66.0 Å². The molecule has 0 bridgehead atoms. The Hall–Kier alpha value is -0.830. The molecule has 0 atom stereocenters. The number of hydrogen-bond acceptors (Lipinski definition) is 2. The number of fused-ring (bicyclic) bond motifs is 1. The monoisotopic (exact) mass is 197 g/mol. The van der Waals surface area contributed by atoms with Crippen molar-refractivity contribution in [1.82, 2.24) is 4.98 Å². The summed E-state index contributed by atoms with van der Waals surface area (Å²) < 4.78 is 6.03. The number of para-hydroxylation sites is 1. The molecule has 0 aliphatic rings. The number of halogens is 1. The lowest BCUT2D eigenvalue weighted by molar-refractivity contribution is 0.602. The first-order valence-electron chi connectivity index (χ1n) is 2.85. The van der Waals surface area contributed by atoms with E-state index in [4.69, 9.17) is 4.42 Å². The largest absolute Gasteiger partial charge is 0.443 e. The predicted molar refractivity (Wildman–Crippen MR) is 41.7 cm³/mol. The summed E-state index contributed by atoms with van der Waals surface area (Å²) in [5.74, 6) is 0. The Morgan fingerprint density at radius 1 is 1.40 bits per heavy atom. The Balaban J connectivity index is 2.95. The van der Waals surface area contributed by atoms with Gasteiger partial charge in [-0.3, -0.25) is 0 Å². The minimum Gasteiger partial charge on any atom is -0.443 e. The van der Waals surface area contributed by atoms with Gasteiger partial charge < -0.3 is 4.42 Å². The maximum Gasteiger partial charge on any atom is 0.182 e. The molecule has 1 aromatic heterocycles. The van der Waals surface area contributed by atoms with E-state index < -0.39 is 0 Å². The molecule has 0 aliphatic heterocycles. The summed E-state index contributed by atoms with van der Waals surface area (Å²) >= 11 is 3.35. The summed E-state index contributed by atoms with van der Waals surface area (Å²) in [5, 5.41) is 0. The minimum atomic E-state index is 0.814. The molecule has 0 N–H and O–H groups in total. The summed E-state index contributed by atoms with van der Waals surface area (Å²) in [7, 11) is 0. The lowest BCUT2D eigenvalue weighted by Gasteiger charge is -1.86. The quantitative estimate of drug-likeness (QED) is 0.650. The van der Waals surface area contributed by atoms with Crippen molar-refractivity contribution in [3.63, 3.8) is 0 Å². The van der Waals surface area contributed by atoms with E-state index in [9.17, 15) is 0 Å². The number of rotatable bonds is 0. The van der Waals surface area contributed by atoms with E-state index in [1.807, 2.05) is 18.2 Å². The number of nitrogens with zero attached hydrogens (tertiary/aromatic N) is 1. The molecule has 1 aromatic carbocycles. The van der Waals surface area contributed by atoms with Crippen molar-refractivity contribution in [1.29, 1.82) is 0 Å². The molecule has 2 nitrogen and oxygen atoms in total. The van der Waals surface area contributed by atoms with Crippen LogP contribution in [0.5, 0.6) is 0 Å². The van der Waals surface area contributed by atoms with Crippen LogP contribution in [0.3, 0.4) is 0 Å². The minimum absolute atomic E-state index is 0.814. The highest BCUT2D eigenvalue weighted by Gasteiger charge is 1.99. The molecule has 1 heterocycles. The standard InChI is InChI=1S/C7H4BrNO/c8-5-2-1-3-6-7(5)9-4-10-6/h1-4H. The molecule has 0 radical (unpaired) electrons. The van der Waals surface area contributed by atoms with E-state index in [0.29, 0.717) is 0 Å². The second-order valence-electron chi connectivity index (χ2n) is 1.94. The van der Waals surface area contributed by atoms with Crippen LogP contribution in [-0.2, 0) is 0 Å². The van der Waals surface area contributed by atoms with Crippen molar-refractivity contribution in [3.8, 4) is 0 Å². The zero-order valence-electron chi connectivity index (χ0n) is 5.04. The molecule has 0 saturated heterocycles. The molecule has 0 saturated carbocycles. The molecule has 10 heavy (non-hydrogen) atoms. The molecular weight excluding hydrogens is 194 g/mol. The number of oxazole rings is 1. The third-order valence-electron chi connectivity index (χ3n) is 1.31. The molecular formula is C7H4BrNO. The lowest BCUT2D eigenvalue weighted by Crippen LogP contribution is -1.67. The van der Waals surface area contributed by atoms with Gasteiger partial charge in [0.25, 0.3) is 0 Å². The van der Waals surface area contributed by atoms with E-state index in [0.717, 1.165) is 15.6 Å². The normalized spacial score (nSPS) is 10.5. The zero-order chi connectivity index (χ0) is 6.97. The number of aromatic nitrogens is 1. The second kappa shape index (κ2) is 2.09. The molecule has 0 aliphatic carbocycles. The van der Waals surface area contributed by atoms with Gasteiger partial charge in [0.05, 0.1) is 0 Å². The summed E-state index contributed by atoms with van der Waals surface area (Å²) in [6, 6.07) is 5.73. The van der Waals surface area contributed by atoms with Crippen LogP contribution >= 0.6 is 15.9 Å². The van der Waals surface area contributed by atoms with E-state index in [1.165, 1.54) is 6.39 Å². The summed E-state index contributed by atoms with van der Waals surface area (Å²) in [6.07, 6.45) is 1.44. The SMILES string of the molecule is Brc1cccc2ocnc12. The smallest absolute Gasteiger partial charge is 0.182 e. The lowest BCUT2D eigenvalue weighted by atomic mass is 10.3. The van der Waals surface area contributed by atoms with Crippen molar-refractivity contribution in [3.05, 3.63) is 29.1 Å². The third-order valence-corrected chi connectivity index (χ3v) is 1.95. The van der Waals surface area contributed by atoms with Crippen LogP contribution in [0, 0.1) is 0 Å². The highest BCUT2D eigenvalue weighted by molar-refractivity contribution is 9.10. The van der Waals surface area contributed by atoms with E-state index in [-0.39, 0.29) is 0 Å². The average molecular weight is 198 g/mol. The van der Waals surface area contributed by atoms with Gasteiger partial charge in [-0.25, -0.2) is 4.98 Å². The third kappa shape index (κ3) is 0.743. The van der Waals surface area contributed by atoms with Crippen LogP contribution < -0.4 is 0 Å². The summed E-state index contributed by atoms with van der Waals surface area (Å²) in [6.45, 7) is 0. The molecule has 3 heteroatoms. The summed E-state index contributed by atoms with van der Waals surface area (Å²) in [5.41, 5.74) is 1.69. The number of benzene rings is 1. The predicted octanol–water partition coefficient (Wildman–Crippen LogP) is 2.59. The molecule has 0 fully saturated rings. The van der Waals surface area contributed by atoms with Crippen molar-refractivity contribution in [2.24, 2.45) is 0 Å². The van der Waals surface area contributed by atoms with Crippen molar-refractivity contribution in [2.45, 2.75) is 0 Å². The van der Waals surface area contributed by atoms with Crippen molar-refractivity contribution in [2.75, 3.05) is 0 Å².